The Bertz CT molecular complexity index is 975. The number of nitrogens with one attached hydrogen (secondary N) is 1. The van der Waals surface area contributed by atoms with E-state index in [1.165, 1.54) is 5.56 Å². The van der Waals surface area contributed by atoms with Gasteiger partial charge in [-0.2, -0.15) is 0 Å². The molecule has 1 atom stereocenters. The van der Waals surface area contributed by atoms with Gasteiger partial charge >= 0.3 is 0 Å². The highest BCUT2D eigenvalue weighted by molar-refractivity contribution is 5.59. The molecule has 1 aliphatic rings. The Labute approximate surface area is 178 Å². The number of aromatic nitrogens is 2. The van der Waals surface area contributed by atoms with Crippen LogP contribution in [0.25, 0.3) is 11.3 Å². The van der Waals surface area contributed by atoms with Gasteiger partial charge in [-0.05, 0) is 55.2 Å². The number of benzene rings is 2. The van der Waals surface area contributed by atoms with Gasteiger partial charge in [0.05, 0.1) is 5.69 Å². The SMILES string of the molecule is C[C@H]1CNCCN1Cc1cccc(-c2ccnc(CCCc3cccc(O)c3)n2)c1. The average molecular weight is 403 g/mol. The molecule has 156 valence electrons. The zero-order valence-electron chi connectivity index (χ0n) is 17.6. The summed E-state index contributed by atoms with van der Waals surface area (Å²) in [6, 6.07) is 18.7. The minimum atomic E-state index is 0.320. The first kappa shape index (κ1) is 20.5. The molecule has 30 heavy (non-hydrogen) atoms. The van der Waals surface area contributed by atoms with E-state index in [0.29, 0.717) is 11.8 Å². The Balaban J connectivity index is 1.40. The van der Waals surface area contributed by atoms with E-state index >= 15 is 0 Å². The van der Waals surface area contributed by atoms with Crippen LogP contribution in [-0.2, 0) is 19.4 Å². The van der Waals surface area contributed by atoms with Crippen molar-refractivity contribution in [1.29, 1.82) is 0 Å². The van der Waals surface area contributed by atoms with Crippen molar-refractivity contribution in [3.63, 3.8) is 0 Å². The maximum absolute atomic E-state index is 9.60. The van der Waals surface area contributed by atoms with Gasteiger partial charge in [0.15, 0.2) is 0 Å². The summed E-state index contributed by atoms with van der Waals surface area (Å²) >= 11 is 0. The van der Waals surface area contributed by atoms with Crippen LogP contribution >= 0.6 is 0 Å². The molecule has 1 aliphatic heterocycles. The summed E-state index contributed by atoms with van der Waals surface area (Å²) < 4.78 is 0. The van der Waals surface area contributed by atoms with Crippen LogP contribution in [0.2, 0.25) is 0 Å². The third-order valence-corrected chi connectivity index (χ3v) is 5.73. The standard InChI is InChI=1S/C25H30N4O/c1-19-17-26-13-14-29(19)18-21-7-2-8-22(15-21)24-11-12-27-25(28-24)10-4-6-20-5-3-9-23(30)16-20/h2-3,5,7-9,11-12,15-16,19,26,30H,4,6,10,13-14,17-18H2,1H3/t19-/m0/s1. The van der Waals surface area contributed by atoms with Crippen LogP contribution in [0, 0.1) is 0 Å². The van der Waals surface area contributed by atoms with Gasteiger partial charge in [-0.3, -0.25) is 4.90 Å². The lowest BCUT2D eigenvalue weighted by Gasteiger charge is -2.33. The van der Waals surface area contributed by atoms with Crippen molar-refractivity contribution in [1.82, 2.24) is 20.2 Å². The molecule has 0 saturated carbocycles. The highest BCUT2D eigenvalue weighted by Crippen LogP contribution is 2.20. The van der Waals surface area contributed by atoms with Gasteiger partial charge in [-0.15, -0.1) is 0 Å². The number of phenols is 1. The summed E-state index contributed by atoms with van der Waals surface area (Å²) in [5.74, 6) is 1.19. The van der Waals surface area contributed by atoms with Gasteiger partial charge in [0.2, 0.25) is 0 Å². The minimum absolute atomic E-state index is 0.320. The fourth-order valence-corrected chi connectivity index (χ4v) is 4.02. The highest BCUT2D eigenvalue weighted by Gasteiger charge is 2.17. The van der Waals surface area contributed by atoms with Gasteiger partial charge < -0.3 is 10.4 Å². The number of aromatic hydroxyl groups is 1. The molecule has 2 aromatic carbocycles. The van der Waals surface area contributed by atoms with E-state index in [1.54, 1.807) is 6.07 Å². The lowest BCUT2D eigenvalue weighted by Crippen LogP contribution is -2.49. The van der Waals surface area contributed by atoms with Crippen molar-refractivity contribution in [2.24, 2.45) is 0 Å². The predicted molar refractivity (Wildman–Crippen MR) is 120 cm³/mol. The van der Waals surface area contributed by atoms with E-state index in [4.69, 9.17) is 4.98 Å². The third-order valence-electron chi connectivity index (χ3n) is 5.73. The van der Waals surface area contributed by atoms with Crippen LogP contribution in [0.1, 0.15) is 30.3 Å². The Kier molecular flexibility index (Phi) is 6.72. The number of aryl methyl sites for hydroxylation is 2. The van der Waals surface area contributed by atoms with Crippen molar-refractivity contribution in [3.05, 3.63) is 77.7 Å². The molecule has 5 heteroatoms. The van der Waals surface area contributed by atoms with Crippen molar-refractivity contribution in [2.45, 2.75) is 38.8 Å². The zero-order chi connectivity index (χ0) is 20.8. The molecule has 0 amide bonds. The van der Waals surface area contributed by atoms with Crippen LogP contribution in [0.3, 0.4) is 0 Å². The van der Waals surface area contributed by atoms with E-state index < -0.39 is 0 Å². The molecule has 2 N–H and O–H groups in total. The van der Waals surface area contributed by atoms with E-state index in [9.17, 15) is 5.11 Å². The smallest absolute Gasteiger partial charge is 0.128 e. The van der Waals surface area contributed by atoms with Crippen molar-refractivity contribution in [2.75, 3.05) is 19.6 Å². The van der Waals surface area contributed by atoms with E-state index in [1.807, 2.05) is 30.5 Å². The van der Waals surface area contributed by atoms with Crippen molar-refractivity contribution >= 4 is 0 Å². The average Bonchev–Trinajstić information content (AvgIpc) is 2.76. The normalized spacial score (nSPS) is 17.2. The number of nitrogens with zero attached hydrogens (tertiary/aromatic N) is 3. The number of rotatable bonds is 7. The van der Waals surface area contributed by atoms with Gasteiger partial charge in [-0.25, -0.2) is 9.97 Å². The number of phenolic OH excluding ortho intramolecular Hbond substituents is 1. The molecule has 1 saturated heterocycles. The molecule has 2 heterocycles. The monoisotopic (exact) mass is 402 g/mol. The quantitative estimate of drug-likeness (QED) is 0.629. The van der Waals surface area contributed by atoms with Crippen LogP contribution in [0.4, 0.5) is 0 Å². The predicted octanol–water partition coefficient (Wildman–Crippen LogP) is 3.82. The second kappa shape index (κ2) is 9.83. The Morgan fingerprint density at radius 2 is 1.93 bits per heavy atom. The molecule has 0 radical (unpaired) electrons. The maximum Gasteiger partial charge on any atom is 0.128 e. The fraction of sp³-hybridized carbons (Fsp3) is 0.360. The lowest BCUT2D eigenvalue weighted by atomic mass is 10.1. The van der Waals surface area contributed by atoms with Crippen LogP contribution in [-0.4, -0.2) is 45.7 Å². The Morgan fingerprint density at radius 1 is 1.07 bits per heavy atom. The zero-order valence-corrected chi connectivity index (χ0v) is 17.6. The van der Waals surface area contributed by atoms with Gasteiger partial charge in [-0.1, -0.05) is 30.3 Å². The third kappa shape index (κ3) is 5.43. The second-order valence-electron chi connectivity index (χ2n) is 8.11. The molecule has 5 nitrogen and oxygen atoms in total. The Morgan fingerprint density at radius 3 is 2.80 bits per heavy atom. The summed E-state index contributed by atoms with van der Waals surface area (Å²) in [7, 11) is 0. The molecular formula is C25H30N4O. The first-order valence-corrected chi connectivity index (χ1v) is 10.8. The van der Waals surface area contributed by atoms with Crippen LogP contribution in [0.5, 0.6) is 5.75 Å². The first-order valence-electron chi connectivity index (χ1n) is 10.8. The van der Waals surface area contributed by atoms with Crippen LogP contribution < -0.4 is 5.32 Å². The second-order valence-corrected chi connectivity index (χ2v) is 8.11. The first-order chi connectivity index (χ1) is 14.7. The highest BCUT2D eigenvalue weighted by atomic mass is 16.3. The number of hydrogen-bond donors (Lipinski definition) is 2. The molecule has 3 aromatic rings. The molecule has 0 aliphatic carbocycles. The molecule has 0 bridgehead atoms. The summed E-state index contributed by atoms with van der Waals surface area (Å²) in [5.41, 5.74) is 4.59. The van der Waals surface area contributed by atoms with Crippen molar-refractivity contribution < 1.29 is 5.11 Å². The largest absolute Gasteiger partial charge is 0.508 e. The Hall–Kier alpha value is -2.76. The number of piperazine rings is 1. The van der Waals surface area contributed by atoms with E-state index in [2.05, 4.69) is 46.4 Å². The summed E-state index contributed by atoms with van der Waals surface area (Å²) in [4.78, 5) is 11.8. The van der Waals surface area contributed by atoms with Gasteiger partial charge in [0, 0.05) is 50.4 Å². The van der Waals surface area contributed by atoms with Crippen LogP contribution in [0.15, 0.2) is 60.8 Å². The molecule has 4 rings (SSSR count). The molecular weight excluding hydrogens is 372 g/mol. The summed E-state index contributed by atoms with van der Waals surface area (Å²) in [6.07, 6.45) is 4.53. The molecule has 1 fully saturated rings. The molecule has 0 unspecified atom stereocenters. The summed E-state index contributed by atoms with van der Waals surface area (Å²) in [5, 5.41) is 13.1. The lowest BCUT2D eigenvalue weighted by molar-refractivity contribution is 0.165. The van der Waals surface area contributed by atoms with E-state index in [-0.39, 0.29) is 0 Å². The van der Waals surface area contributed by atoms with E-state index in [0.717, 1.165) is 68.1 Å². The van der Waals surface area contributed by atoms with Gasteiger partial charge in [0.1, 0.15) is 11.6 Å². The fourth-order valence-electron chi connectivity index (χ4n) is 4.02. The number of hydrogen-bond acceptors (Lipinski definition) is 5. The molecule has 1 aromatic heterocycles. The molecule has 0 spiro atoms. The summed E-state index contributed by atoms with van der Waals surface area (Å²) in [6.45, 7) is 6.45. The topological polar surface area (TPSA) is 61.3 Å². The van der Waals surface area contributed by atoms with Gasteiger partial charge in [0.25, 0.3) is 0 Å². The minimum Gasteiger partial charge on any atom is -0.508 e. The van der Waals surface area contributed by atoms with Crippen molar-refractivity contribution in [3.8, 4) is 17.0 Å². The maximum atomic E-state index is 9.60.